The van der Waals surface area contributed by atoms with Gasteiger partial charge in [0.1, 0.15) is 0 Å². The van der Waals surface area contributed by atoms with Gasteiger partial charge in [-0.2, -0.15) is 11.8 Å². The SMILES string of the molecule is CSCC(NC1CC1C)c1ccccc1. The van der Waals surface area contributed by atoms with Crippen LogP contribution in [0.5, 0.6) is 0 Å². The first-order valence-corrected chi connectivity index (χ1v) is 7.00. The highest BCUT2D eigenvalue weighted by atomic mass is 32.2. The van der Waals surface area contributed by atoms with Gasteiger partial charge in [-0.25, -0.2) is 0 Å². The van der Waals surface area contributed by atoms with Crippen molar-refractivity contribution in [3.63, 3.8) is 0 Å². The maximum atomic E-state index is 3.74. The van der Waals surface area contributed by atoms with E-state index < -0.39 is 0 Å². The van der Waals surface area contributed by atoms with Crippen LogP contribution in [0.15, 0.2) is 30.3 Å². The molecule has 1 aliphatic carbocycles. The monoisotopic (exact) mass is 221 g/mol. The second-order valence-corrected chi connectivity index (χ2v) is 5.32. The Kier molecular flexibility index (Phi) is 3.71. The largest absolute Gasteiger partial charge is 0.306 e. The first kappa shape index (κ1) is 11.0. The second-order valence-electron chi connectivity index (χ2n) is 4.40. The number of thioether (sulfide) groups is 1. The Bertz CT molecular complexity index is 299. The van der Waals surface area contributed by atoms with E-state index in [-0.39, 0.29) is 0 Å². The van der Waals surface area contributed by atoms with Gasteiger partial charge in [0, 0.05) is 17.8 Å². The van der Waals surface area contributed by atoms with Crippen molar-refractivity contribution < 1.29 is 0 Å². The van der Waals surface area contributed by atoms with Crippen LogP contribution in [-0.2, 0) is 0 Å². The number of rotatable bonds is 5. The minimum Gasteiger partial charge on any atom is -0.306 e. The highest BCUT2D eigenvalue weighted by Gasteiger charge is 2.34. The van der Waals surface area contributed by atoms with Crippen LogP contribution in [0.2, 0.25) is 0 Å². The zero-order valence-electron chi connectivity index (χ0n) is 9.44. The summed E-state index contributed by atoms with van der Waals surface area (Å²) in [6.07, 6.45) is 3.52. The molecule has 0 aromatic heterocycles. The quantitative estimate of drug-likeness (QED) is 0.820. The Labute approximate surface area is 96.7 Å². The number of benzene rings is 1. The third-order valence-electron chi connectivity index (χ3n) is 3.06. The molecular weight excluding hydrogens is 202 g/mol. The van der Waals surface area contributed by atoms with Crippen LogP contribution in [0.1, 0.15) is 24.9 Å². The van der Waals surface area contributed by atoms with Gasteiger partial charge >= 0.3 is 0 Å². The van der Waals surface area contributed by atoms with Gasteiger partial charge in [-0.3, -0.25) is 0 Å². The molecule has 1 saturated carbocycles. The molecule has 1 fully saturated rings. The normalized spacial score (nSPS) is 26.3. The van der Waals surface area contributed by atoms with E-state index in [9.17, 15) is 0 Å². The van der Waals surface area contributed by atoms with Crippen molar-refractivity contribution in [1.29, 1.82) is 0 Å². The topological polar surface area (TPSA) is 12.0 Å². The Morgan fingerprint density at radius 2 is 2.07 bits per heavy atom. The molecule has 3 unspecified atom stereocenters. The molecule has 1 N–H and O–H groups in total. The summed E-state index contributed by atoms with van der Waals surface area (Å²) in [5.74, 6) is 2.03. The van der Waals surface area contributed by atoms with Crippen molar-refractivity contribution in [2.45, 2.75) is 25.4 Å². The minimum absolute atomic E-state index is 0.524. The molecule has 1 nitrogen and oxygen atoms in total. The fourth-order valence-electron chi connectivity index (χ4n) is 1.91. The van der Waals surface area contributed by atoms with Gasteiger partial charge in [0.15, 0.2) is 0 Å². The van der Waals surface area contributed by atoms with Crippen LogP contribution >= 0.6 is 11.8 Å². The first-order valence-electron chi connectivity index (χ1n) is 5.61. The fourth-order valence-corrected chi connectivity index (χ4v) is 2.53. The van der Waals surface area contributed by atoms with Crippen molar-refractivity contribution in [1.82, 2.24) is 5.32 Å². The van der Waals surface area contributed by atoms with E-state index in [2.05, 4.69) is 48.8 Å². The molecule has 1 aliphatic rings. The van der Waals surface area contributed by atoms with Crippen LogP contribution in [0, 0.1) is 5.92 Å². The summed E-state index contributed by atoms with van der Waals surface area (Å²) >= 11 is 1.91. The summed E-state index contributed by atoms with van der Waals surface area (Å²) in [6, 6.07) is 12.1. The van der Waals surface area contributed by atoms with Crippen LogP contribution in [0.25, 0.3) is 0 Å². The predicted molar refractivity (Wildman–Crippen MR) is 68.3 cm³/mol. The molecular formula is C13H19NS. The zero-order valence-corrected chi connectivity index (χ0v) is 10.3. The van der Waals surface area contributed by atoms with E-state index in [0.717, 1.165) is 17.7 Å². The summed E-state index contributed by atoms with van der Waals surface area (Å²) in [4.78, 5) is 0. The third-order valence-corrected chi connectivity index (χ3v) is 3.73. The Hall–Kier alpha value is -0.470. The summed E-state index contributed by atoms with van der Waals surface area (Å²) in [5.41, 5.74) is 1.42. The molecule has 0 aliphatic heterocycles. The predicted octanol–water partition coefficient (Wildman–Crippen LogP) is 3.09. The Morgan fingerprint density at radius 3 is 2.60 bits per heavy atom. The summed E-state index contributed by atoms with van der Waals surface area (Å²) in [6.45, 7) is 2.32. The molecule has 0 saturated heterocycles. The van der Waals surface area contributed by atoms with Crippen molar-refractivity contribution in [3.05, 3.63) is 35.9 Å². The van der Waals surface area contributed by atoms with E-state index in [1.54, 1.807) is 0 Å². The van der Waals surface area contributed by atoms with Crippen LogP contribution in [-0.4, -0.2) is 18.1 Å². The van der Waals surface area contributed by atoms with E-state index in [1.165, 1.54) is 12.0 Å². The lowest BCUT2D eigenvalue weighted by molar-refractivity contribution is 0.558. The molecule has 2 rings (SSSR count). The number of hydrogen-bond donors (Lipinski definition) is 1. The standard InChI is InChI=1S/C13H19NS/c1-10-8-12(10)14-13(9-15-2)11-6-4-3-5-7-11/h3-7,10,12-14H,8-9H2,1-2H3. The minimum atomic E-state index is 0.524. The second kappa shape index (κ2) is 5.04. The van der Waals surface area contributed by atoms with E-state index in [1.807, 2.05) is 11.8 Å². The highest BCUT2D eigenvalue weighted by Crippen LogP contribution is 2.32. The van der Waals surface area contributed by atoms with Gasteiger partial charge in [-0.15, -0.1) is 0 Å². The molecule has 1 aromatic rings. The summed E-state index contributed by atoms with van der Waals surface area (Å²) in [7, 11) is 0. The summed E-state index contributed by atoms with van der Waals surface area (Å²) < 4.78 is 0. The lowest BCUT2D eigenvalue weighted by atomic mass is 10.1. The van der Waals surface area contributed by atoms with Gasteiger partial charge in [-0.1, -0.05) is 37.3 Å². The Balaban J connectivity index is 1.99. The molecule has 0 radical (unpaired) electrons. The maximum absolute atomic E-state index is 3.74. The van der Waals surface area contributed by atoms with Crippen molar-refractivity contribution in [3.8, 4) is 0 Å². The number of hydrogen-bond acceptors (Lipinski definition) is 2. The van der Waals surface area contributed by atoms with E-state index in [0.29, 0.717) is 6.04 Å². The molecule has 15 heavy (non-hydrogen) atoms. The molecule has 0 spiro atoms. The average molecular weight is 221 g/mol. The molecule has 0 heterocycles. The van der Waals surface area contributed by atoms with Crippen molar-refractivity contribution in [2.75, 3.05) is 12.0 Å². The maximum Gasteiger partial charge on any atom is 0.0413 e. The molecule has 0 bridgehead atoms. The van der Waals surface area contributed by atoms with Gasteiger partial charge in [-0.05, 0) is 24.2 Å². The number of nitrogens with one attached hydrogen (secondary N) is 1. The average Bonchev–Trinajstić information content (AvgIpc) is 2.95. The van der Waals surface area contributed by atoms with Gasteiger partial charge in [0.05, 0.1) is 0 Å². The lowest BCUT2D eigenvalue weighted by Crippen LogP contribution is -2.26. The molecule has 1 aromatic carbocycles. The molecule has 3 atom stereocenters. The van der Waals surface area contributed by atoms with Gasteiger partial charge in [0.2, 0.25) is 0 Å². The highest BCUT2D eigenvalue weighted by molar-refractivity contribution is 7.98. The molecule has 2 heteroatoms. The zero-order chi connectivity index (χ0) is 10.7. The summed E-state index contributed by atoms with van der Waals surface area (Å²) in [5, 5.41) is 3.74. The van der Waals surface area contributed by atoms with E-state index in [4.69, 9.17) is 0 Å². The van der Waals surface area contributed by atoms with Crippen LogP contribution < -0.4 is 5.32 Å². The van der Waals surface area contributed by atoms with E-state index >= 15 is 0 Å². The fraction of sp³-hybridized carbons (Fsp3) is 0.538. The van der Waals surface area contributed by atoms with Crippen molar-refractivity contribution in [2.24, 2.45) is 5.92 Å². The smallest absolute Gasteiger partial charge is 0.0413 e. The van der Waals surface area contributed by atoms with Gasteiger partial charge < -0.3 is 5.32 Å². The molecule has 0 amide bonds. The lowest BCUT2D eigenvalue weighted by Gasteiger charge is -2.18. The Morgan fingerprint density at radius 1 is 1.40 bits per heavy atom. The van der Waals surface area contributed by atoms with Crippen LogP contribution in [0.4, 0.5) is 0 Å². The van der Waals surface area contributed by atoms with Gasteiger partial charge in [0.25, 0.3) is 0 Å². The van der Waals surface area contributed by atoms with Crippen molar-refractivity contribution >= 4 is 11.8 Å². The first-order chi connectivity index (χ1) is 7.31. The molecule has 82 valence electrons. The van der Waals surface area contributed by atoms with Crippen LogP contribution in [0.3, 0.4) is 0 Å². The third kappa shape index (κ3) is 2.99.